The van der Waals surface area contributed by atoms with Gasteiger partial charge in [0.15, 0.2) is 0 Å². The average molecular weight is 326 g/mol. The fourth-order valence-electron chi connectivity index (χ4n) is 3.31. The fourth-order valence-corrected chi connectivity index (χ4v) is 3.31. The second-order valence-corrected chi connectivity index (χ2v) is 6.10. The van der Waals surface area contributed by atoms with Crippen LogP contribution in [0.25, 0.3) is 0 Å². The highest BCUT2D eigenvalue weighted by atomic mass is 35.5. The van der Waals surface area contributed by atoms with Crippen LogP contribution >= 0.6 is 24.8 Å². The molecule has 120 valence electrons. The first-order chi connectivity index (χ1) is 8.62. The molecule has 1 saturated carbocycles. The molecule has 2 N–H and O–H groups in total. The molecule has 0 aromatic heterocycles. The van der Waals surface area contributed by atoms with E-state index in [9.17, 15) is 4.79 Å². The minimum absolute atomic E-state index is 0. The Morgan fingerprint density at radius 2 is 1.90 bits per heavy atom. The predicted octanol–water partition coefficient (Wildman–Crippen LogP) is 1.96. The van der Waals surface area contributed by atoms with E-state index in [1.807, 2.05) is 0 Å². The molecule has 2 aliphatic rings. The number of carbonyl (C=O) groups excluding carboxylic acids is 1. The molecular formula is C14H29Cl2N3O. The number of halogens is 2. The molecular weight excluding hydrogens is 297 g/mol. The topological polar surface area (TPSA) is 44.4 Å². The zero-order valence-electron chi connectivity index (χ0n) is 12.6. The van der Waals surface area contributed by atoms with Crippen molar-refractivity contribution in [2.24, 2.45) is 0 Å². The summed E-state index contributed by atoms with van der Waals surface area (Å²) in [7, 11) is 4.27. The monoisotopic (exact) mass is 325 g/mol. The number of hydrogen-bond donors (Lipinski definition) is 2. The van der Waals surface area contributed by atoms with Gasteiger partial charge < -0.3 is 15.5 Å². The van der Waals surface area contributed by atoms with E-state index in [2.05, 4.69) is 29.6 Å². The van der Waals surface area contributed by atoms with Gasteiger partial charge in [-0.1, -0.05) is 12.8 Å². The van der Waals surface area contributed by atoms with Crippen LogP contribution in [0.2, 0.25) is 0 Å². The molecule has 1 aliphatic carbocycles. The minimum atomic E-state index is 0. The Morgan fingerprint density at radius 1 is 1.25 bits per heavy atom. The molecule has 2 rings (SSSR count). The van der Waals surface area contributed by atoms with Gasteiger partial charge in [0.05, 0.1) is 0 Å². The SMILES string of the molecule is CN(C)C1(CNC(=O)CC2CCCN2)CCCC1.Cl.Cl. The highest BCUT2D eigenvalue weighted by molar-refractivity contribution is 5.85. The maximum Gasteiger partial charge on any atom is 0.221 e. The summed E-state index contributed by atoms with van der Waals surface area (Å²) in [5, 5.41) is 6.53. The van der Waals surface area contributed by atoms with Crippen LogP contribution in [0.15, 0.2) is 0 Å². The summed E-state index contributed by atoms with van der Waals surface area (Å²) in [5.74, 6) is 0.211. The molecule has 1 aliphatic heterocycles. The highest BCUT2D eigenvalue weighted by Gasteiger charge is 2.36. The van der Waals surface area contributed by atoms with E-state index in [1.54, 1.807) is 0 Å². The standard InChI is InChI=1S/C14H27N3O.2ClH/c1-17(2)14(7-3-4-8-14)11-16-13(18)10-12-6-5-9-15-12;;/h12,15H,3-11H2,1-2H3,(H,16,18);2*1H. The molecule has 0 radical (unpaired) electrons. The van der Waals surface area contributed by atoms with Gasteiger partial charge in [-0.2, -0.15) is 0 Å². The number of amides is 1. The van der Waals surface area contributed by atoms with Crippen LogP contribution < -0.4 is 10.6 Å². The smallest absolute Gasteiger partial charge is 0.221 e. The molecule has 0 spiro atoms. The molecule has 20 heavy (non-hydrogen) atoms. The molecule has 6 heteroatoms. The van der Waals surface area contributed by atoms with Gasteiger partial charge in [0.2, 0.25) is 5.91 Å². The third-order valence-electron chi connectivity index (χ3n) is 4.69. The van der Waals surface area contributed by atoms with Gasteiger partial charge in [0, 0.05) is 24.5 Å². The maximum atomic E-state index is 12.0. The Morgan fingerprint density at radius 3 is 2.40 bits per heavy atom. The Bertz CT molecular complexity index is 288. The minimum Gasteiger partial charge on any atom is -0.354 e. The second-order valence-electron chi connectivity index (χ2n) is 6.10. The van der Waals surface area contributed by atoms with Crippen molar-refractivity contribution in [2.75, 3.05) is 27.2 Å². The zero-order chi connectivity index (χ0) is 13.0. The lowest BCUT2D eigenvalue weighted by atomic mass is 9.96. The lowest BCUT2D eigenvalue weighted by Gasteiger charge is -2.36. The zero-order valence-corrected chi connectivity index (χ0v) is 14.2. The van der Waals surface area contributed by atoms with E-state index in [1.165, 1.54) is 32.1 Å². The van der Waals surface area contributed by atoms with Gasteiger partial charge >= 0.3 is 0 Å². The normalized spacial score (nSPS) is 24.1. The summed E-state index contributed by atoms with van der Waals surface area (Å²) in [6.45, 7) is 1.88. The summed E-state index contributed by atoms with van der Waals surface area (Å²) in [4.78, 5) is 14.3. The Hall–Kier alpha value is -0.0300. The maximum absolute atomic E-state index is 12.0. The van der Waals surface area contributed by atoms with Gasteiger partial charge in [-0.3, -0.25) is 4.79 Å². The molecule has 1 unspecified atom stereocenters. The highest BCUT2D eigenvalue weighted by Crippen LogP contribution is 2.33. The lowest BCUT2D eigenvalue weighted by molar-refractivity contribution is -0.122. The van der Waals surface area contributed by atoms with Crippen molar-refractivity contribution in [3.05, 3.63) is 0 Å². The van der Waals surface area contributed by atoms with Gasteiger partial charge in [0.25, 0.3) is 0 Å². The number of nitrogens with zero attached hydrogens (tertiary/aromatic N) is 1. The van der Waals surface area contributed by atoms with Crippen LogP contribution in [0.4, 0.5) is 0 Å². The van der Waals surface area contributed by atoms with Crippen molar-refractivity contribution in [1.82, 2.24) is 15.5 Å². The third-order valence-corrected chi connectivity index (χ3v) is 4.69. The van der Waals surface area contributed by atoms with Gasteiger partial charge in [-0.25, -0.2) is 0 Å². The summed E-state index contributed by atoms with van der Waals surface area (Å²) in [6.07, 6.45) is 8.00. The first-order valence-electron chi connectivity index (χ1n) is 7.30. The molecule has 1 amide bonds. The Labute approximate surface area is 135 Å². The van der Waals surface area contributed by atoms with E-state index < -0.39 is 0 Å². The number of likely N-dealkylation sites (N-methyl/N-ethyl adjacent to an activating group) is 1. The summed E-state index contributed by atoms with van der Waals surface area (Å²) >= 11 is 0. The van der Waals surface area contributed by atoms with Crippen LogP contribution in [-0.4, -0.2) is 49.6 Å². The molecule has 0 aromatic carbocycles. The molecule has 4 nitrogen and oxygen atoms in total. The van der Waals surface area contributed by atoms with Crippen molar-refractivity contribution in [3.63, 3.8) is 0 Å². The second kappa shape index (κ2) is 9.08. The number of hydrogen-bond acceptors (Lipinski definition) is 3. The van der Waals surface area contributed by atoms with Crippen molar-refractivity contribution >= 4 is 30.7 Å². The molecule has 1 heterocycles. The Balaban J connectivity index is 0.00000180. The van der Waals surface area contributed by atoms with Crippen LogP contribution in [0.5, 0.6) is 0 Å². The van der Waals surface area contributed by atoms with E-state index in [0.29, 0.717) is 12.5 Å². The first-order valence-corrected chi connectivity index (χ1v) is 7.30. The van der Waals surface area contributed by atoms with E-state index in [0.717, 1.165) is 19.5 Å². The number of rotatable bonds is 5. The number of carbonyl (C=O) groups is 1. The van der Waals surface area contributed by atoms with E-state index >= 15 is 0 Å². The number of nitrogens with one attached hydrogen (secondary N) is 2. The van der Waals surface area contributed by atoms with Crippen LogP contribution in [0.3, 0.4) is 0 Å². The van der Waals surface area contributed by atoms with Gasteiger partial charge in [-0.15, -0.1) is 24.8 Å². The predicted molar refractivity (Wildman–Crippen MR) is 88.0 cm³/mol. The quantitative estimate of drug-likeness (QED) is 0.812. The molecule has 2 fully saturated rings. The van der Waals surface area contributed by atoms with Gasteiger partial charge in [0.1, 0.15) is 0 Å². The summed E-state index contributed by atoms with van der Waals surface area (Å²) in [5.41, 5.74) is 0.207. The fraction of sp³-hybridized carbons (Fsp3) is 0.929. The van der Waals surface area contributed by atoms with Crippen molar-refractivity contribution in [3.8, 4) is 0 Å². The van der Waals surface area contributed by atoms with E-state index in [-0.39, 0.29) is 36.3 Å². The average Bonchev–Trinajstić information content (AvgIpc) is 2.97. The molecule has 1 saturated heterocycles. The van der Waals surface area contributed by atoms with Gasteiger partial charge in [-0.05, 0) is 46.3 Å². The largest absolute Gasteiger partial charge is 0.354 e. The van der Waals surface area contributed by atoms with Crippen LogP contribution in [0.1, 0.15) is 44.9 Å². The first kappa shape index (κ1) is 20.0. The molecule has 0 aromatic rings. The third kappa shape index (κ3) is 5.06. The van der Waals surface area contributed by atoms with Crippen molar-refractivity contribution in [2.45, 2.75) is 56.5 Å². The lowest BCUT2D eigenvalue weighted by Crippen LogP contribution is -2.51. The molecule has 0 bridgehead atoms. The van der Waals surface area contributed by atoms with Crippen molar-refractivity contribution in [1.29, 1.82) is 0 Å². The Kier molecular flexibility index (Phi) is 9.07. The van der Waals surface area contributed by atoms with E-state index in [4.69, 9.17) is 0 Å². The molecule has 1 atom stereocenters. The van der Waals surface area contributed by atoms with Crippen molar-refractivity contribution < 1.29 is 4.79 Å². The summed E-state index contributed by atoms with van der Waals surface area (Å²) in [6, 6.07) is 0.406. The summed E-state index contributed by atoms with van der Waals surface area (Å²) < 4.78 is 0. The van der Waals surface area contributed by atoms with Crippen LogP contribution in [0, 0.1) is 0 Å². The van der Waals surface area contributed by atoms with Crippen LogP contribution in [-0.2, 0) is 4.79 Å².